The largest absolute Gasteiger partial charge is 0.507 e. The summed E-state index contributed by atoms with van der Waals surface area (Å²) < 4.78 is 22.2. The van der Waals surface area contributed by atoms with E-state index in [0.29, 0.717) is 46.7 Å². The quantitative estimate of drug-likeness (QED) is 0.225. The van der Waals surface area contributed by atoms with Gasteiger partial charge in [0, 0.05) is 5.56 Å². The lowest BCUT2D eigenvalue weighted by Gasteiger charge is -2.25. The minimum Gasteiger partial charge on any atom is -0.507 e. The molecule has 1 aliphatic rings. The molecule has 4 rings (SSSR count). The predicted molar refractivity (Wildman–Crippen MR) is 137 cm³/mol. The van der Waals surface area contributed by atoms with Gasteiger partial charge in [-0.15, -0.1) is 0 Å². The summed E-state index contributed by atoms with van der Waals surface area (Å²) in [6, 6.07) is 14.5. The number of amides is 1. The Morgan fingerprint density at radius 1 is 1.03 bits per heavy atom. The summed E-state index contributed by atoms with van der Waals surface area (Å²) in [5.41, 5.74) is 0.921. The highest BCUT2D eigenvalue weighted by Crippen LogP contribution is 2.43. The molecule has 3 aromatic rings. The second-order valence-electron chi connectivity index (χ2n) is 9.18. The van der Waals surface area contributed by atoms with E-state index in [-0.39, 0.29) is 17.9 Å². The summed E-state index contributed by atoms with van der Waals surface area (Å²) in [4.78, 5) is 27.9. The molecule has 0 aliphatic carbocycles. The first-order chi connectivity index (χ1) is 17.8. The molecule has 1 aliphatic heterocycles. The number of ketones is 1. The molecule has 1 amide bonds. The van der Waals surface area contributed by atoms with Crippen molar-refractivity contribution in [2.75, 3.05) is 20.8 Å². The van der Waals surface area contributed by atoms with Crippen molar-refractivity contribution in [2.24, 2.45) is 5.92 Å². The summed E-state index contributed by atoms with van der Waals surface area (Å²) in [5.74, 6) is 0.719. The summed E-state index contributed by atoms with van der Waals surface area (Å²) in [6.45, 7) is 4.81. The van der Waals surface area contributed by atoms with Crippen molar-refractivity contribution in [3.05, 3.63) is 83.3 Å². The number of rotatable bonds is 10. The topological polar surface area (TPSA) is 98.4 Å². The number of ether oxygens (including phenoxy) is 3. The highest BCUT2D eigenvalue weighted by atomic mass is 16.5. The lowest BCUT2D eigenvalue weighted by molar-refractivity contribution is -0.140. The molecule has 37 heavy (non-hydrogen) atoms. The predicted octanol–water partition coefficient (Wildman–Crippen LogP) is 5.34. The van der Waals surface area contributed by atoms with E-state index >= 15 is 0 Å². The van der Waals surface area contributed by atoms with Gasteiger partial charge in [-0.1, -0.05) is 32.0 Å². The maximum Gasteiger partial charge on any atom is 0.296 e. The van der Waals surface area contributed by atoms with E-state index in [2.05, 4.69) is 13.8 Å². The summed E-state index contributed by atoms with van der Waals surface area (Å²) in [7, 11) is 3.04. The average molecular weight is 506 g/mol. The minimum atomic E-state index is -0.880. The van der Waals surface area contributed by atoms with Crippen LogP contribution in [0.4, 0.5) is 0 Å². The molecule has 1 aromatic heterocycles. The molecular formula is C29H31NO7. The zero-order valence-corrected chi connectivity index (χ0v) is 21.4. The van der Waals surface area contributed by atoms with Gasteiger partial charge in [0.15, 0.2) is 11.5 Å². The smallest absolute Gasteiger partial charge is 0.296 e. The Morgan fingerprint density at radius 2 is 1.84 bits per heavy atom. The molecule has 1 unspecified atom stereocenters. The Hall–Kier alpha value is -4.20. The van der Waals surface area contributed by atoms with E-state index in [9.17, 15) is 14.7 Å². The Bertz CT molecular complexity index is 1290. The van der Waals surface area contributed by atoms with E-state index < -0.39 is 17.7 Å². The van der Waals surface area contributed by atoms with Gasteiger partial charge in [-0.05, 0) is 54.3 Å². The van der Waals surface area contributed by atoms with Crippen LogP contribution in [0.25, 0.3) is 5.76 Å². The molecule has 1 atom stereocenters. The van der Waals surface area contributed by atoms with Gasteiger partial charge in [0.25, 0.3) is 11.7 Å². The number of likely N-dealkylation sites (tertiary alicyclic amines) is 1. The van der Waals surface area contributed by atoms with Crippen molar-refractivity contribution in [2.45, 2.75) is 32.9 Å². The fourth-order valence-electron chi connectivity index (χ4n) is 4.26. The maximum absolute atomic E-state index is 13.3. The molecule has 1 N–H and O–H groups in total. The number of carbonyl (C=O) groups excluding carboxylic acids is 2. The zero-order valence-electron chi connectivity index (χ0n) is 21.4. The number of benzene rings is 2. The number of aliphatic hydroxyl groups excluding tert-OH is 1. The number of carbonyl (C=O) groups is 2. The van der Waals surface area contributed by atoms with Crippen LogP contribution in [-0.4, -0.2) is 42.5 Å². The van der Waals surface area contributed by atoms with Crippen LogP contribution in [0, 0.1) is 5.92 Å². The molecule has 194 valence electrons. The second kappa shape index (κ2) is 11.2. The van der Waals surface area contributed by atoms with E-state index in [0.717, 1.165) is 6.42 Å². The second-order valence-corrected chi connectivity index (χ2v) is 9.18. The number of hydrogen-bond acceptors (Lipinski definition) is 7. The van der Waals surface area contributed by atoms with Crippen molar-refractivity contribution in [3.8, 4) is 17.2 Å². The molecule has 1 saturated heterocycles. The van der Waals surface area contributed by atoms with Gasteiger partial charge in [0.05, 0.1) is 45.2 Å². The molecule has 2 aromatic carbocycles. The van der Waals surface area contributed by atoms with E-state index in [1.54, 1.807) is 54.6 Å². The molecule has 0 radical (unpaired) electrons. The summed E-state index contributed by atoms with van der Waals surface area (Å²) in [6.07, 6.45) is 2.39. The van der Waals surface area contributed by atoms with Gasteiger partial charge in [-0.2, -0.15) is 0 Å². The van der Waals surface area contributed by atoms with Crippen molar-refractivity contribution in [1.82, 2.24) is 4.90 Å². The first-order valence-corrected chi connectivity index (χ1v) is 12.1. The molecule has 8 heteroatoms. The van der Waals surface area contributed by atoms with Gasteiger partial charge in [-0.25, -0.2) is 0 Å². The highest BCUT2D eigenvalue weighted by molar-refractivity contribution is 6.46. The van der Waals surface area contributed by atoms with Crippen molar-refractivity contribution in [1.29, 1.82) is 0 Å². The number of methoxy groups -OCH3 is 2. The fourth-order valence-corrected chi connectivity index (χ4v) is 4.26. The molecular weight excluding hydrogens is 474 g/mol. The standard InChI is InChI=1S/C29H31NO7/c1-18(2)12-14-37-23-11-10-19(16-24(23)35-4)26-25(27(31)20-7-5-8-21(15-20)34-3)28(32)29(33)30(26)17-22-9-6-13-36-22/h5-11,13,15-16,18,26,31H,12,14,17H2,1-4H3. The number of nitrogens with zero attached hydrogens (tertiary/aromatic N) is 1. The van der Waals surface area contributed by atoms with Gasteiger partial charge < -0.3 is 28.6 Å². The van der Waals surface area contributed by atoms with Crippen LogP contribution >= 0.6 is 0 Å². The van der Waals surface area contributed by atoms with Crippen molar-refractivity contribution in [3.63, 3.8) is 0 Å². The lowest BCUT2D eigenvalue weighted by atomic mass is 9.95. The van der Waals surface area contributed by atoms with E-state index in [1.165, 1.54) is 25.4 Å². The zero-order chi connectivity index (χ0) is 26.5. The number of Topliss-reactive ketones (excluding diaryl/α,β-unsaturated/α-hetero) is 1. The van der Waals surface area contributed by atoms with Crippen LogP contribution in [-0.2, 0) is 16.1 Å². The highest BCUT2D eigenvalue weighted by Gasteiger charge is 2.46. The van der Waals surface area contributed by atoms with Crippen LogP contribution in [0.15, 0.2) is 70.9 Å². The molecule has 0 saturated carbocycles. The number of hydrogen-bond donors (Lipinski definition) is 1. The van der Waals surface area contributed by atoms with Gasteiger partial charge in [0.1, 0.15) is 17.3 Å². The monoisotopic (exact) mass is 505 g/mol. The minimum absolute atomic E-state index is 0.0275. The average Bonchev–Trinajstić information content (AvgIpc) is 3.50. The SMILES string of the molecule is COc1cccc(C(O)=C2C(=O)C(=O)N(Cc3ccco3)C2c2ccc(OCCC(C)C)c(OC)c2)c1. The Balaban J connectivity index is 1.81. The molecule has 8 nitrogen and oxygen atoms in total. The van der Waals surface area contributed by atoms with Crippen LogP contribution in [0.5, 0.6) is 17.2 Å². The van der Waals surface area contributed by atoms with Gasteiger partial charge >= 0.3 is 0 Å². The van der Waals surface area contributed by atoms with E-state index in [1.807, 2.05) is 0 Å². The Kier molecular flexibility index (Phi) is 7.86. The third-order valence-corrected chi connectivity index (χ3v) is 6.25. The molecule has 0 spiro atoms. The third-order valence-electron chi connectivity index (χ3n) is 6.25. The molecule has 2 heterocycles. The normalized spacial score (nSPS) is 16.9. The summed E-state index contributed by atoms with van der Waals surface area (Å²) in [5, 5.41) is 11.3. The third kappa shape index (κ3) is 5.48. The fraction of sp³-hybridized carbons (Fsp3) is 0.310. The first kappa shape index (κ1) is 25.9. The summed E-state index contributed by atoms with van der Waals surface area (Å²) >= 11 is 0. The van der Waals surface area contributed by atoms with Crippen LogP contribution in [0.3, 0.4) is 0 Å². The number of furan rings is 1. The lowest BCUT2D eigenvalue weighted by Crippen LogP contribution is -2.29. The van der Waals surface area contributed by atoms with E-state index in [4.69, 9.17) is 18.6 Å². The van der Waals surface area contributed by atoms with Crippen LogP contribution < -0.4 is 14.2 Å². The van der Waals surface area contributed by atoms with Gasteiger partial charge in [0.2, 0.25) is 0 Å². The van der Waals surface area contributed by atoms with Crippen LogP contribution in [0.2, 0.25) is 0 Å². The van der Waals surface area contributed by atoms with Crippen LogP contribution in [0.1, 0.15) is 43.2 Å². The van der Waals surface area contributed by atoms with Crippen molar-refractivity contribution < 1.29 is 33.3 Å². The first-order valence-electron chi connectivity index (χ1n) is 12.1. The Morgan fingerprint density at radius 3 is 2.51 bits per heavy atom. The van der Waals surface area contributed by atoms with Gasteiger partial charge in [-0.3, -0.25) is 9.59 Å². The Labute approximate surface area is 216 Å². The molecule has 0 bridgehead atoms. The number of aliphatic hydroxyl groups is 1. The molecule has 1 fully saturated rings. The van der Waals surface area contributed by atoms with Crippen molar-refractivity contribution >= 4 is 17.4 Å². The maximum atomic E-state index is 13.3.